The van der Waals surface area contributed by atoms with Gasteiger partial charge in [-0.3, -0.25) is 9.78 Å². The molecule has 0 aromatic carbocycles. The van der Waals surface area contributed by atoms with E-state index in [-0.39, 0.29) is 5.91 Å². The Morgan fingerprint density at radius 2 is 2.24 bits per heavy atom. The number of thiazole rings is 1. The molecule has 0 bridgehead atoms. The van der Waals surface area contributed by atoms with Crippen LogP contribution in [0.25, 0.3) is 10.6 Å². The lowest BCUT2D eigenvalue weighted by molar-refractivity contribution is -0.121. The molecule has 2 heterocycles. The molecular formula is C16H19N3OS. The lowest BCUT2D eigenvalue weighted by Gasteiger charge is -2.11. The number of nitrogens with one attached hydrogen (secondary N) is 1. The van der Waals surface area contributed by atoms with Crippen molar-refractivity contribution in [3.05, 3.63) is 35.6 Å². The van der Waals surface area contributed by atoms with Crippen molar-refractivity contribution >= 4 is 17.2 Å². The van der Waals surface area contributed by atoms with Crippen LogP contribution >= 0.6 is 11.3 Å². The number of aromatic nitrogens is 2. The fraction of sp³-hybridized carbons (Fsp3) is 0.438. The van der Waals surface area contributed by atoms with Gasteiger partial charge in [-0.2, -0.15) is 0 Å². The topological polar surface area (TPSA) is 54.9 Å². The van der Waals surface area contributed by atoms with Gasteiger partial charge in [-0.05, 0) is 31.4 Å². The third-order valence-electron chi connectivity index (χ3n) is 3.79. The second-order valence-corrected chi connectivity index (χ2v) is 6.29. The minimum Gasteiger partial charge on any atom is -0.353 e. The number of hydrogen-bond acceptors (Lipinski definition) is 4. The Balaban J connectivity index is 1.51. The van der Waals surface area contributed by atoms with E-state index in [1.54, 1.807) is 17.5 Å². The molecule has 1 aliphatic rings. The summed E-state index contributed by atoms with van der Waals surface area (Å²) >= 11 is 1.60. The Morgan fingerprint density at radius 3 is 3.00 bits per heavy atom. The zero-order chi connectivity index (χ0) is 14.5. The molecule has 2 aromatic heterocycles. The summed E-state index contributed by atoms with van der Waals surface area (Å²) in [5.74, 6) is 0.151. The van der Waals surface area contributed by atoms with Crippen LogP contribution in [0.15, 0.2) is 29.9 Å². The average Bonchev–Trinajstić information content (AvgIpc) is 3.17. The number of carbonyl (C=O) groups is 1. The maximum Gasteiger partial charge on any atom is 0.220 e. The maximum absolute atomic E-state index is 11.9. The Bertz CT molecular complexity index is 591. The van der Waals surface area contributed by atoms with Crippen molar-refractivity contribution in [1.82, 2.24) is 15.3 Å². The quantitative estimate of drug-likeness (QED) is 0.922. The predicted octanol–water partition coefficient (Wildman–Crippen LogP) is 3.20. The van der Waals surface area contributed by atoms with Gasteiger partial charge < -0.3 is 5.32 Å². The van der Waals surface area contributed by atoms with Crippen molar-refractivity contribution in [3.8, 4) is 10.6 Å². The fourth-order valence-corrected chi connectivity index (χ4v) is 3.50. The highest BCUT2D eigenvalue weighted by molar-refractivity contribution is 7.13. The van der Waals surface area contributed by atoms with Gasteiger partial charge in [0.25, 0.3) is 0 Å². The minimum atomic E-state index is 0.151. The molecule has 1 fully saturated rings. The van der Waals surface area contributed by atoms with Gasteiger partial charge in [0.1, 0.15) is 5.01 Å². The van der Waals surface area contributed by atoms with E-state index >= 15 is 0 Å². The van der Waals surface area contributed by atoms with Gasteiger partial charge in [0.2, 0.25) is 5.91 Å². The van der Waals surface area contributed by atoms with Crippen LogP contribution in [0.5, 0.6) is 0 Å². The standard InChI is InChI=1S/C16H19N3OS/c20-15(18-13-5-1-2-6-13)8-7-14-11-21-16(19-14)12-4-3-9-17-10-12/h3-4,9-11,13H,1-2,5-8H2,(H,18,20). The summed E-state index contributed by atoms with van der Waals surface area (Å²) in [4.78, 5) is 20.6. The summed E-state index contributed by atoms with van der Waals surface area (Å²) in [6.45, 7) is 0. The second kappa shape index (κ2) is 6.80. The first-order valence-electron chi connectivity index (χ1n) is 7.45. The van der Waals surface area contributed by atoms with E-state index in [9.17, 15) is 4.79 Å². The normalized spacial score (nSPS) is 15.2. The molecule has 21 heavy (non-hydrogen) atoms. The molecule has 0 unspecified atom stereocenters. The number of rotatable bonds is 5. The molecule has 5 heteroatoms. The number of nitrogens with zero attached hydrogens (tertiary/aromatic N) is 2. The van der Waals surface area contributed by atoms with Gasteiger partial charge in [0.15, 0.2) is 0 Å². The van der Waals surface area contributed by atoms with E-state index in [4.69, 9.17) is 0 Å². The molecule has 4 nitrogen and oxygen atoms in total. The molecule has 110 valence electrons. The zero-order valence-corrected chi connectivity index (χ0v) is 12.7. The van der Waals surface area contributed by atoms with Crippen molar-refractivity contribution in [2.24, 2.45) is 0 Å². The van der Waals surface area contributed by atoms with Crippen molar-refractivity contribution in [2.45, 2.75) is 44.6 Å². The van der Waals surface area contributed by atoms with Gasteiger partial charge in [-0.1, -0.05) is 12.8 Å². The molecule has 3 rings (SSSR count). The molecule has 1 amide bonds. The molecule has 1 saturated carbocycles. The van der Waals surface area contributed by atoms with Gasteiger partial charge in [-0.25, -0.2) is 4.98 Å². The van der Waals surface area contributed by atoms with Crippen LogP contribution in [0.3, 0.4) is 0 Å². The largest absolute Gasteiger partial charge is 0.353 e. The first-order valence-corrected chi connectivity index (χ1v) is 8.33. The SMILES string of the molecule is O=C(CCc1csc(-c2cccnc2)n1)NC1CCCC1. The molecule has 0 atom stereocenters. The summed E-state index contributed by atoms with van der Waals surface area (Å²) in [5, 5.41) is 6.11. The van der Waals surface area contributed by atoms with Crippen molar-refractivity contribution in [3.63, 3.8) is 0 Å². The number of carbonyl (C=O) groups excluding carboxylic acids is 1. The molecular weight excluding hydrogens is 282 g/mol. The Hall–Kier alpha value is -1.75. The Kier molecular flexibility index (Phi) is 4.60. The molecule has 0 radical (unpaired) electrons. The lowest BCUT2D eigenvalue weighted by Crippen LogP contribution is -2.32. The van der Waals surface area contributed by atoms with Crippen LogP contribution in [0.1, 0.15) is 37.8 Å². The molecule has 1 N–H and O–H groups in total. The fourth-order valence-electron chi connectivity index (χ4n) is 2.66. The number of amides is 1. The van der Waals surface area contributed by atoms with Crippen LogP contribution in [0, 0.1) is 0 Å². The number of pyridine rings is 1. The first-order chi connectivity index (χ1) is 10.3. The van der Waals surface area contributed by atoms with Gasteiger partial charge in [0, 0.05) is 35.8 Å². The van der Waals surface area contributed by atoms with Crippen LogP contribution in [-0.2, 0) is 11.2 Å². The van der Waals surface area contributed by atoms with Gasteiger partial charge in [0.05, 0.1) is 5.69 Å². The van der Waals surface area contributed by atoms with Gasteiger partial charge in [-0.15, -0.1) is 11.3 Å². The van der Waals surface area contributed by atoms with Crippen LogP contribution in [0.2, 0.25) is 0 Å². The monoisotopic (exact) mass is 301 g/mol. The summed E-state index contributed by atoms with van der Waals surface area (Å²) < 4.78 is 0. The number of hydrogen-bond donors (Lipinski definition) is 1. The first kappa shape index (κ1) is 14.2. The van der Waals surface area contributed by atoms with Crippen molar-refractivity contribution in [2.75, 3.05) is 0 Å². The van der Waals surface area contributed by atoms with E-state index in [0.29, 0.717) is 18.9 Å². The Labute approximate surface area is 128 Å². The highest BCUT2D eigenvalue weighted by Crippen LogP contribution is 2.23. The summed E-state index contributed by atoms with van der Waals surface area (Å²) in [6, 6.07) is 4.31. The molecule has 0 saturated heterocycles. The highest BCUT2D eigenvalue weighted by atomic mass is 32.1. The minimum absolute atomic E-state index is 0.151. The maximum atomic E-state index is 11.9. The third-order valence-corrected chi connectivity index (χ3v) is 4.73. The van der Waals surface area contributed by atoms with E-state index in [2.05, 4.69) is 15.3 Å². The Morgan fingerprint density at radius 1 is 1.38 bits per heavy atom. The van der Waals surface area contributed by atoms with E-state index in [0.717, 1.165) is 29.1 Å². The second-order valence-electron chi connectivity index (χ2n) is 5.43. The van der Waals surface area contributed by atoms with E-state index in [1.807, 2.05) is 23.7 Å². The van der Waals surface area contributed by atoms with E-state index in [1.165, 1.54) is 12.8 Å². The molecule has 2 aromatic rings. The smallest absolute Gasteiger partial charge is 0.220 e. The van der Waals surface area contributed by atoms with Crippen molar-refractivity contribution in [1.29, 1.82) is 0 Å². The lowest BCUT2D eigenvalue weighted by atomic mass is 10.2. The number of aryl methyl sites for hydroxylation is 1. The predicted molar refractivity (Wildman–Crippen MR) is 84.1 cm³/mol. The van der Waals surface area contributed by atoms with Crippen LogP contribution in [0.4, 0.5) is 0 Å². The van der Waals surface area contributed by atoms with Crippen LogP contribution < -0.4 is 5.32 Å². The zero-order valence-electron chi connectivity index (χ0n) is 11.9. The molecule has 0 aliphatic heterocycles. The summed E-state index contributed by atoms with van der Waals surface area (Å²) in [5.41, 5.74) is 2.02. The molecule has 0 spiro atoms. The van der Waals surface area contributed by atoms with Gasteiger partial charge >= 0.3 is 0 Å². The third kappa shape index (κ3) is 3.88. The van der Waals surface area contributed by atoms with Crippen LogP contribution in [-0.4, -0.2) is 21.9 Å². The highest BCUT2D eigenvalue weighted by Gasteiger charge is 2.17. The molecule has 1 aliphatic carbocycles. The van der Waals surface area contributed by atoms with E-state index < -0.39 is 0 Å². The average molecular weight is 301 g/mol. The van der Waals surface area contributed by atoms with Crippen molar-refractivity contribution < 1.29 is 4.79 Å². The summed E-state index contributed by atoms with van der Waals surface area (Å²) in [6.07, 6.45) is 9.54. The summed E-state index contributed by atoms with van der Waals surface area (Å²) in [7, 11) is 0.